The lowest BCUT2D eigenvalue weighted by Crippen LogP contribution is -2.63. The molecular weight excluding hydrogens is 460 g/mol. The normalized spacial score (nSPS) is 19.4. The number of hydrogen-bond donors (Lipinski definition) is 0. The van der Waals surface area contributed by atoms with E-state index in [1.165, 1.54) is 18.5 Å². The van der Waals surface area contributed by atoms with Crippen LogP contribution in [0.25, 0.3) is 32.9 Å². The highest BCUT2D eigenvalue weighted by atomic mass is 35.5. The van der Waals surface area contributed by atoms with Crippen molar-refractivity contribution in [3.05, 3.63) is 72.2 Å². The van der Waals surface area contributed by atoms with E-state index in [9.17, 15) is 9.18 Å². The van der Waals surface area contributed by atoms with E-state index in [2.05, 4.69) is 26.4 Å². The highest BCUT2D eigenvalue weighted by Gasteiger charge is 2.49. The fourth-order valence-electron chi connectivity index (χ4n) is 5.16. The zero-order valence-electron chi connectivity index (χ0n) is 17.9. The molecule has 2 aromatic carbocycles. The summed E-state index contributed by atoms with van der Waals surface area (Å²) in [5.74, 6) is -0.705. The number of aromatic nitrogens is 3. The van der Waals surface area contributed by atoms with Gasteiger partial charge in [0.05, 0.1) is 22.5 Å². The van der Waals surface area contributed by atoms with Crippen molar-refractivity contribution in [2.75, 3.05) is 18.0 Å². The molecule has 4 heterocycles. The molecule has 4 aromatic rings. The zero-order valence-corrected chi connectivity index (χ0v) is 18.6. The summed E-state index contributed by atoms with van der Waals surface area (Å²) in [5.41, 5.74) is 0.558. The third-order valence-electron chi connectivity index (χ3n) is 6.82. The summed E-state index contributed by atoms with van der Waals surface area (Å²) in [5, 5.41) is 1.48. The van der Waals surface area contributed by atoms with Crippen LogP contribution in [-0.4, -0.2) is 50.9 Å². The molecule has 0 spiro atoms. The number of anilines is 1. The maximum Gasteiger partial charge on any atom is 0.246 e. The Balaban J connectivity index is 1.45. The van der Waals surface area contributed by atoms with Crippen molar-refractivity contribution in [2.45, 2.75) is 18.5 Å². The van der Waals surface area contributed by atoms with Crippen LogP contribution >= 0.6 is 11.6 Å². The van der Waals surface area contributed by atoms with Crippen LogP contribution in [-0.2, 0) is 4.79 Å². The van der Waals surface area contributed by atoms with Crippen molar-refractivity contribution in [1.82, 2.24) is 19.9 Å². The van der Waals surface area contributed by atoms with Crippen LogP contribution in [0.3, 0.4) is 0 Å². The van der Waals surface area contributed by atoms with E-state index < -0.39 is 11.6 Å². The van der Waals surface area contributed by atoms with Gasteiger partial charge in [-0.25, -0.2) is 18.7 Å². The largest absolute Gasteiger partial charge is 0.349 e. The van der Waals surface area contributed by atoms with E-state index >= 15 is 4.39 Å². The van der Waals surface area contributed by atoms with Gasteiger partial charge < -0.3 is 9.80 Å². The van der Waals surface area contributed by atoms with Crippen molar-refractivity contribution >= 4 is 45.0 Å². The number of hydrogen-bond acceptors (Lipinski definition) is 5. The number of benzene rings is 2. The minimum absolute atomic E-state index is 0.0425. The van der Waals surface area contributed by atoms with Gasteiger partial charge in [0.15, 0.2) is 5.82 Å². The topological polar surface area (TPSA) is 62.2 Å². The number of amides is 1. The molecule has 2 aliphatic rings. The molecule has 2 aromatic heterocycles. The summed E-state index contributed by atoms with van der Waals surface area (Å²) in [4.78, 5) is 28.9. The Labute approximate surface area is 198 Å². The van der Waals surface area contributed by atoms with E-state index in [0.717, 1.165) is 6.42 Å². The lowest BCUT2D eigenvalue weighted by molar-refractivity contribution is -0.133. The maximum absolute atomic E-state index is 15.8. The molecule has 1 amide bonds. The maximum atomic E-state index is 15.8. The first kappa shape index (κ1) is 20.9. The monoisotopic (exact) mass is 477 g/mol. The summed E-state index contributed by atoms with van der Waals surface area (Å²) < 4.78 is 30.0. The van der Waals surface area contributed by atoms with E-state index in [-0.39, 0.29) is 34.2 Å². The first-order chi connectivity index (χ1) is 16.5. The average molecular weight is 478 g/mol. The first-order valence-electron chi connectivity index (χ1n) is 10.9. The van der Waals surface area contributed by atoms with Crippen LogP contribution in [0.1, 0.15) is 6.42 Å². The molecule has 6 nitrogen and oxygen atoms in total. The van der Waals surface area contributed by atoms with Crippen LogP contribution in [0.4, 0.5) is 14.6 Å². The lowest BCUT2D eigenvalue weighted by Gasteiger charge is -2.46. The number of halogens is 3. The first-order valence-corrected chi connectivity index (χ1v) is 11.2. The number of carbonyl (C=O) groups is 1. The number of nitrogens with zero attached hydrogens (tertiary/aromatic N) is 5. The van der Waals surface area contributed by atoms with Crippen molar-refractivity contribution < 1.29 is 13.6 Å². The van der Waals surface area contributed by atoms with Crippen LogP contribution < -0.4 is 4.90 Å². The van der Waals surface area contributed by atoms with Gasteiger partial charge in [0.1, 0.15) is 29.2 Å². The molecule has 170 valence electrons. The summed E-state index contributed by atoms with van der Waals surface area (Å²) in [6, 6.07) is 8.27. The SMILES string of the molecule is C=CC(=O)N1C[C@H]2[C@@H]1CCN2c1ncnc2c(F)c(-c3cccc4ccc(F)c(Cl)c34)ncc12. The van der Waals surface area contributed by atoms with Crippen molar-refractivity contribution in [1.29, 1.82) is 0 Å². The third-order valence-corrected chi connectivity index (χ3v) is 7.19. The van der Waals surface area contributed by atoms with Gasteiger partial charge in [-0.3, -0.25) is 9.78 Å². The fraction of sp³-hybridized carbons (Fsp3) is 0.200. The number of pyridine rings is 1. The molecule has 9 heteroatoms. The highest BCUT2D eigenvalue weighted by molar-refractivity contribution is 6.36. The van der Waals surface area contributed by atoms with Crippen LogP contribution in [0.2, 0.25) is 5.02 Å². The van der Waals surface area contributed by atoms with E-state index in [1.807, 2.05) is 0 Å². The Bertz CT molecular complexity index is 1510. The van der Waals surface area contributed by atoms with Gasteiger partial charge in [0, 0.05) is 30.2 Å². The summed E-state index contributed by atoms with van der Waals surface area (Å²) >= 11 is 6.25. The van der Waals surface area contributed by atoms with Gasteiger partial charge in [-0.05, 0) is 23.9 Å². The van der Waals surface area contributed by atoms with Crippen LogP contribution in [0.15, 0.2) is 55.5 Å². The molecule has 2 fully saturated rings. The molecule has 0 radical (unpaired) electrons. The Morgan fingerprint density at radius 3 is 2.82 bits per heavy atom. The zero-order chi connectivity index (χ0) is 23.6. The summed E-state index contributed by atoms with van der Waals surface area (Å²) in [6.07, 6.45) is 5.00. The molecule has 0 saturated carbocycles. The molecule has 0 unspecified atom stereocenters. The molecule has 0 aliphatic carbocycles. The third kappa shape index (κ3) is 2.91. The lowest BCUT2D eigenvalue weighted by atomic mass is 9.97. The van der Waals surface area contributed by atoms with Crippen LogP contribution in [0, 0.1) is 11.6 Å². The number of likely N-dealkylation sites (tertiary alicyclic amines) is 1. The minimum atomic E-state index is -0.623. The molecule has 2 saturated heterocycles. The molecule has 2 atom stereocenters. The van der Waals surface area contributed by atoms with Gasteiger partial charge in [0.2, 0.25) is 5.91 Å². The fourth-order valence-corrected chi connectivity index (χ4v) is 5.43. The second kappa shape index (κ2) is 7.70. The highest BCUT2D eigenvalue weighted by Crippen LogP contribution is 2.40. The molecule has 2 aliphatic heterocycles. The van der Waals surface area contributed by atoms with Gasteiger partial charge in [0.25, 0.3) is 0 Å². The second-order valence-electron chi connectivity index (χ2n) is 8.46. The number of carbonyl (C=O) groups excluding carboxylic acids is 1. The van der Waals surface area contributed by atoms with Gasteiger partial charge in [-0.15, -0.1) is 0 Å². The number of fused-ring (bicyclic) bond motifs is 3. The Morgan fingerprint density at radius 2 is 2.00 bits per heavy atom. The van der Waals surface area contributed by atoms with Crippen LogP contribution in [0.5, 0.6) is 0 Å². The molecular formula is C25H18ClF2N5O. The van der Waals surface area contributed by atoms with Gasteiger partial charge >= 0.3 is 0 Å². The Kier molecular flexibility index (Phi) is 4.74. The summed E-state index contributed by atoms with van der Waals surface area (Å²) in [7, 11) is 0. The van der Waals surface area contributed by atoms with Gasteiger partial charge in [-0.2, -0.15) is 0 Å². The average Bonchev–Trinajstić information content (AvgIpc) is 3.16. The summed E-state index contributed by atoms with van der Waals surface area (Å²) in [6.45, 7) is 4.81. The predicted molar refractivity (Wildman–Crippen MR) is 127 cm³/mol. The number of rotatable bonds is 3. The Hall–Kier alpha value is -3.65. The van der Waals surface area contributed by atoms with E-state index in [1.54, 1.807) is 35.4 Å². The second-order valence-corrected chi connectivity index (χ2v) is 8.83. The van der Waals surface area contributed by atoms with E-state index in [4.69, 9.17) is 11.6 Å². The van der Waals surface area contributed by atoms with E-state index in [0.29, 0.717) is 40.6 Å². The predicted octanol–water partition coefficient (Wildman–Crippen LogP) is 4.75. The van der Waals surface area contributed by atoms with Crippen molar-refractivity contribution in [3.63, 3.8) is 0 Å². The quantitative estimate of drug-likeness (QED) is 0.398. The molecule has 0 N–H and O–H groups in total. The van der Waals surface area contributed by atoms with Gasteiger partial charge in [-0.1, -0.05) is 42.4 Å². The van der Waals surface area contributed by atoms with Crippen molar-refractivity contribution in [2.24, 2.45) is 0 Å². The molecule has 6 rings (SSSR count). The Morgan fingerprint density at radius 1 is 1.15 bits per heavy atom. The standard InChI is InChI=1S/C25H18ClF2N5O/c1-2-19(34)33-11-18-17(33)8-9-32(18)25-15-10-29-23(22(28)24(15)30-12-31-25)14-5-3-4-13-6-7-16(27)21(26)20(13)14/h2-7,10,12,17-18H,1,8-9,11H2/t17-,18-/m0/s1. The smallest absolute Gasteiger partial charge is 0.246 e. The molecule has 34 heavy (non-hydrogen) atoms. The minimum Gasteiger partial charge on any atom is -0.349 e. The van der Waals surface area contributed by atoms with Crippen molar-refractivity contribution in [3.8, 4) is 11.3 Å². The molecule has 0 bridgehead atoms.